The molecule has 3 nitrogen and oxygen atoms in total. The largest absolute Gasteiger partial charge is 0.351 e. The zero-order valence-corrected chi connectivity index (χ0v) is 16.9. The number of aryl methyl sites for hydroxylation is 1. The van der Waals surface area contributed by atoms with Gasteiger partial charge in [0.15, 0.2) is 0 Å². The molecule has 0 saturated carbocycles. The van der Waals surface area contributed by atoms with Crippen LogP contribution in [-0.2, 0) is 17.1 Å². The molecule has 2 aromatic carbocycles. The van der Waals surface area contributed by atoms with Gasteiger partial charge in [-0.15, -0.1) is 23.1 Å². The smallest absolute Gasteiger partial charge is 0.233 e. The third kappa shape index (κ3) is 5.65. The summed E-state index contributed by atoms with van der Waals surface area (Å²) in [4.78, 5) is 16.9. The molecule has 0 spiro atoms. The Morgan fingerprint density at radius 1 is 1.19 bits per heavy atom. The summed E-state index contributed by atoms with van der Waals surface area (Å²) in [5, 5.41) is 5.75. The second-order valence-electron chi connectivity index (χ2n) is 6.31. The van der Waals surface area contributed by atoms with E-state index in [1.54, 1.807) is 35.2 Å². The summed E-state index contributed by atoms with van der Waals surface area (Å²) in [6, 6.07) is 14.5. The first-order valence-corrected chi connectivity index (χ1v) is 10.6. The molecule has 0 bridgehead atoms. The van der Waals surface area contributed by atoms with Crippen LogP contribution in [-0.4, -0.2) is 16.1 Å². The topological polar surface area (TPSA) is 42.0 Å². The lowest BCUT2D eigenvalue weighted by Gasteiger charge is -2.11. The number of aromatic nitrogens is 1. The summed E-state index contributed by atoms with van der Waals surface area (Å²) in [7, 11) is 0. The van der Waals surface area contributed by atoms with Crippen LogP contribution in [0.25, 0.3) is 10.6 Å². The summed E-state index contributed by atoms with van der Waals surface area (Å²) < 4.78 is 12.9. The van der Waals surface area contributed by atoms with E-state index in [0.29, 0.717) is 12.3 Å². The second-order valence-corrected chi connectivity index (χ2v) is 8.49. The maximum Gasteiger partial charge on any atom is 0.233 e. The van der Waals surface area contributed by atoms with Gasteiger partial charge in [0, 0.05) is 23.2 Å². The molecule has 0 saturated heterocycles. The molecular formula is C21H21FN2OS2. The van der Waals surface area contributed by atoms with Crippen LogP contribution in [0.5, 0.6) is 0 Å². The maximum absolute atomic E-state index is 12.9. The standard InChI is InChI=1S/C21H21FN2OS2/c1-14-3-7-17(8-4-14)21-24-19(13-27-21)12-26-15(2)20(25)23-11-16-5-9-18(22)10-6-16/h3-10,13,15H,11-12H2,1-2H3,(H,23,25)/t15-/m1/s1. The lowest BCUT2D eigenvalue weighted by Crippen LogP contribution is -2.30. The summed E-state index contributed by atoms with van der Waals surface area (Å²) in [5.41, 5.74) is 4.21. The van der Waals surface area contributed by atoms with Crippen molar-refractivity contribution >= 4 is 29.0 Å². The van der Waals surface area contributed by atoms with Gasteiger partial charge in [0.25, 0.3) is 0 Å². The highest BCUT2D eigenvalue weighted by molar-refractivity contribution is 7.99. The minimum absolute atomic E-state index is 0.0293. The Morgan fingerprint density at radius 2 is 1.89 bits per heavy atom. The normalized spacial score (nSPS) is 12.0. The van der Waals surface area contributed by atoms with Gasteiger partial charge in [-0.2, -0.15) is 0 Å². The van der Waals surface area contributed by atoms with E-state index in [-0.39, 0.29) is 17.0 Å². The van der Waals surface area contributed by atoms with Crippen molar-refractivity contribution in [2.24, 2.45) is 0 Å². The fourth-order valence-corrected chi connectivity index (χ4v) is 4.16. The van der Waals surface area contributed by atoms with Crippen molar-refractivity contribution in [1.82, 2.24) is 10.3 Å². The number of amides is 1. The Hall–Kier alpha value is -2.18. The highest BCUT2D eigenvalue weighted by Crippen LogP contribution is 2.26. The number of nitrogens with one attached hydrogen (secondary N) is 1. The molecule has 0 fully saturated rings. The molecule has 0 aliphatic carbocycles. The average molecular weight is 401 g/mol. The third-order valence-electron chi connectivity index (χ3n) is 4.08. The molecule has 1 atom stereocenters. The molecule has 1 aromatic heterocycles. The molecule has 1 heterocycles. The van der Waals surface area contributed by atoms with Gasteiger partial charge in [-0.3, -0.25) is 4.79 Å². The van der Waals surface area contributed by atoms with Gasteiger partial charge in [-0.05, 0) is 31.5 Å². The summed E-state index contributed by atoms with van der Waals surface area (Å²) >= 11 is 3.18. The van der Waals surface area contributed by atoms with Crippen LogP contribution >= 0.6 is 23.1 Å². The summed E-state index contributed by atoms with van der Waals surface area (Å²) in [6.45, 7) is 4.35. The number of benzene rings is 2. The molecular weight excluding hydrogens is 379 g/mol. The molecule has 3 aromatic rings. The number of carbonyl (C=O) groups excluding carboxylic acids is 1. The van der Waals surface area contributed by atoms with E-state index in [9.17, 15) is 9.18 Å². The van der Waals surface area contributed by atoms with Crippen LogP contribution in [0, 0.1) is 12.7 Å². The first-order valence-electron chi connectivity index (χ1n) is 8.66. The monoisotopic (exact) mass is 400 g/mol. The minimum Gasteiger partial charge on any atom is -0.351 e. The molecule has 0 unspecified atom stereocenters. The van der Waals surface area contributed by atoms with Crippen molar-refractivity contribution < 1.29 is 9.18 Å². The predicted octanol–water partition coefficient (Wildman–Crippen LogP) is 5.20. The van der Waals surface area contributed by atoms with Gasteiger partial charge >= 0.3 is 0 Å². The van der Waals surface area contributed by atoms with E-state index in [4.69, 9.17) is 0 Å². The highest BCUT2D eigenvalue weighted by atomic mass is 32.2. The lowest BCUT2D eigenvalue weighted by molar-refractivity contribution is -0.120. The Morgan fingerprint density at radius 3 is 2.59 bits per heavy atom. The van der Waals surface area contributed by atoms with Crippen LogP contribution in [0.3, 0.4) is 0 Å². The molecule has 1 N–H and O–H groups in total. The van der Waals surface area contributed by atoms with Crippen LogP contribution in [0.4, 0.5) is 4.39 Å². The van der Waals surface area contributed by atoms with Gasteiger partial charge < -0.3 is 5.32 Å². The van der Waals surface area contributed by atoms with Crippen molar-refractivity contribution in [2.75, 3.05) is 0 Å². The van der Waals surface area contributed by atoms with E-state index in [1.165, 1.54) is 17.7 Å². The van der Waals surface area contributed by atoms with Crippen LogP contribution < -0.4 is 5.32 Å². The Kier molecular flexibility index (Phi) is 6.63. The number of hydrogen-bond acceptors (Lipinski definition) is 4. The van der Waals surface area contributed by atoms with E-state index in [2.05, 4.69) is 41.5 Å². The first kappa shape index (κ1) is 19.6. The second kappa shape index (κ2) is 9.15. The van der Waals surface area contributed by atoms with Crippen molar-refractivity contribution in [3.63, 3.8) is 0 Å². The molecule has 27 heavy (non-hydrogen) atoms. The van der Waals surface area contributed by atoms with Gasteiger partial charge in [-0.25, -0.2) is 9.37 Å². The Bertz CT molecular complexity index is 891. The zero-order valence-electron chi connectivity index (χ0n) is 15.2. The van der Waals surface area contributed by atoms with Crippen molar-refractivity contribution in [1.29, 1.82) is 0 Å². The number of hydrogen-bond donors (Lipinski definition) is 1. The Balaban J connectivity index is 1.48. The number of halogens is 1. The molecule has 6 heteroatoms. The van der Waals surface area contributed by atoms with E-state index in [0.717, 1.165) is 21.8 Å². The van der Waals surface area contributed by atoms with E-state index < -0.39 is 0 Å². The summed E-state index contributed by atoms with van der Waals surface area (Å²) in [5.74, 6) is 0.383. The molecule has 0 aliphatic heterocycles. The van der Waals surface area contributed by atoms with Crippen LogP contribution in [0.1, 0.15) is 23.7 Å². The average Bonchev–Trinajstić information content (AvgIpc) is 3.15. The molecule has 0 radical (unpaired) electrons. The van der Waals surface area contributed by atoms with Crippen molar-refractivity contribution in [3.8, 4) is 10.6 Å². The molecule has 3 rings (SSSR count). The quantitative estimate of drug-likeness (QED) is 0.593. The minimum atomic E-state index is -0.276. The van der Waals surface area contributed by atoms with Crippen LogP contribution in [0.15, 0.2) is 53.9 Å². The predicted molar refractivity (Wildman–Crippen MR) is 111 cm³/mol. The lowest BCUT2D eigenvalue weighted by atomic mass is 10.2. The van der Waals surface area contributed by atoms with Crippen molar-refractivity contribution in [3.05, 3.63) is 76.5 Å². The third-order valence-corrected chi connectivity index (χ3v) is 6.20. The van der Waals surface area contributed by atoms with Gasteiger partial charge in [-0.1, -0.05) is 42.0 Å². The fourth-order valence-electron chi connectivity index (χ4n) is 2.42. The maximum atomic E-state index is 12.9. The molecule has 0 aliphatic rings. The highest BCUT2D eigenvalue weighted by Gasteiger charge is 2.14. The number of carbonyl (C=O) groups is 1. The summed E-state index contributed by atoms with van der Waals surface area (Å²) in [6.07, 6.45) is 0. The van der Waals surface area contributed by atoms with Crippen molar-refractivity contribution in [2.45, 2.75) is 31.4 Å². The molecule has 140 valence electrons. The number of thioether (sulfide) groups is 1. The van der Waals surface area contributed by atoms with Gasteiger partial charge in [0.05, 0.1) is 10.9 Å². The SMILES string of the molecule is Cc1ccc(-c2nc(CS[C@H](C)C(=O)NCc3ccc(F)cc3)cs2)cc1. The fraction of sp³-hybridized carbons (Fsp3) is 0.238. The number of nitrogens with zero attached hydrogens (tertiary/aromatic N) is 1. The first-order chi connectivity index (χ1) is 13.0. The van der Waals surface area contributed by atoms with Gasteiger partial charge in [0.2, 0.25) is 5.91 Å². The van der Waals surface area contributed by atoms with Crippen LogP contribution in [0.2, 0.25) is 0 Å². The van der Waals surface area contributed by atoms with E-state index in [1.807, 2.05) is 12.3 Å². The Labute approximate surface area is 167 Å². The van der Waals surface area contributed by atoms with E-state index >= 15 is 0 Å². The molecule has 1 amide bonds. The zero-order chi connectivity index (χ0) is 19.2. The number of thiazole rings is 1. The number of rotatable bonds is 7. The van der Waals surface area contributed by atoms with Gasteiger partial charge in [0.1, 0.15) is 10.8 Å².